The lowest BCUT2D eigenvalue weighted by atomic mass is 10.0. The van der Waals surface area contributed by atoms with Crippen LogP contribution in [0.5, 0.6) is 5.75 Å². The first-order valence-corrected chi connectivity index (χ1v) is 11.4. The fourth-order valence-corrected chi connectivity index (χ4v) is 4.90. The molecule has 0 radical (unpaired) electrons. The lowest BCUT2D eigenvalue weighted by molar-refractivity contribution is 0.414. The quantitative estimate of drug-likeness (QED) is 0.304. The number of nitrogens with one attached hydrogen (secondary N) is 1. The summed E-state index contributed by atoms with van der Waals surface area (Å²) in [5.74, 6) is 1.78. The molecule has 1 N–H and O–H groups in total. The van der Waals surface area contributed by atoms with Crippen molar-refractivity contribution in [2.75, 3.05) is 12.0 Å². The minimum absolute atomic E-state index is 0.225. The first-order valence-electron chi connectivity index (χ1n) is 10.2. The molecule has 1 fully saturated rings. The molecule has 1 aliphatic rings. The monoisotopic (exact) mass is 523 g/mol. The summed E-state index contributed by atoms with van der Waals surface area (Å²) in [5.41, 5.74) is 2.51. The van der Waals surface area contributed by atoms with Crippen molar-refractivity contribution in [1.29, 1.82) is 0 Å². The molecule has 1 aliphatic heterocycles. The second kappa shape index (κ2) is 8.96. The summed E-state index contributed by atoms with van der Waals surface area (Å²) in [6, 6.07) is 21.3. The van der Waals surface area contributed by atoms with Gasteiger partial charge in [-0.1, -0.05) is 6.07 Å². The van der Waals surface area contributed by atoms with Gasteiger partial charge in [0.25, 0.3) is 0 Å². The number of ether oxygens (including phenoxy) is 1. The molecule has 2 aromatic heterocycles. The zero-order valence-corrected chi connectivity index (χ0v) is 19.9. The maximum Gasteiger partial charge on any atom is 0.174 e. The Morgan fingerprint density at radius 3 is 2.61 bits per heavy atom. The number of hydrogen-bond acceptors (Lipinski definition) is 4. The zero-order valence-electron chi connectivity index (χ0n) is 17.5. The summed E-state index contributed by atoms with van der Waals surface area (Å²) in [5, 5.41) is 3.98. The molecule has 2 atom stereocenters. The van der Waals surface area contributed by atoms with Crippen LogP contribution in [0.3, 0.4) is 0 Å². The number of furan rings is 1. The van der Waals surface area contributed by atoms with E-state index in [-0.39, 0.29) is 17.9 Å². The number of anilines is 1. The van der Waals surface area contributed by atoms with Gasteiger partial charge in [-0.3, -0.25) is 4.98 Å². The Bertz CT molecular complexity index is 1300. The summed E-state index contributed by atoms with van der Waals surface area (Å²) < 4.78 is 25.8. The molecule has 0 amide bonds. The number of nitrogens with zero attached hydrogens (tertiary/aromatic N) is 2. The Labute approximate surface area is 204 Å². The zero-order chi connectivity index (χ0) is 22.9. The fraction of sp³-hybridized carbons (Fsp3) is 0.120. The van der Waals surface area contributed by atoms with E-state index in [2.05, 4.69) is 26.2 Å². The largest absolute Gasteiger partial charge is 0.497 e. The van der Waals surface area contributed by atoms with Gasteiger partial charge < -0.3 is 19.4 Å². The molecule has 0 aliphatic carbocycles. The summed E-state index contributed by atoms with van der Waals surface area (Å²) >= 11 is 9.17. The Morgan fingerprint density at radius 2 is 1.91 bits per heavy atom. The average molecular weight is 524 g/mol. The standard InChI is InChI=1S/C25H19BrFN3O2S/c1-31-17-8-6-16(7-9-17)30-24(23(29-25(30)33)20-4-2-3-13-28-20)22-12-11-21(32-22)18-10-5-15(27)14-19(18)26/h2-14,23-24H,1H3,(H,29,33)/t23-,24-/m0/s1. The van der Waals surface area contributed by atoms with E-state index in [1.165, 1.54) is 12.1 Å². The molecule has 0 bridgehead atoms. The molecule has 0 spiro atoms. The molecule has 0 saturated carbocycles. The number of rotatable bonds is 5. The number of methoxy groups -OCH3 is 1. The highest BCUT2D eigenvalue weighted by Gasteiger charge is 2.42. The molecule has 8 heteroatoms. The minimum Gasteiger partial charge on any atom is -0.497 e. The van der Waals surface area contributed by atoms with E-state index in [4.69, 9.17) is 21.4 Å². The maximum atomic E-state index is 13.6. The van der Waals surface area contributed by atoms with Crippen LogP contribution in [-0.2, 0) is 0 Å². The molecule has 1 saturated heterocycles. The van der Waals surface area contributed by atoms with Crippen molar-refractivity contribution in [3.8, 4) is 17.1 Å². The van der Waals surface area contributed by atoms with Gasteiger partial charge in [-0.25, -0.2) is 4.39 Å². The number of halogens is 2. The van der Waals surface area contributed by atoms with Crippen molar-refractivity contribution in [3.63, 3.8) is 0 Å². The van der Waals surface area contributed by atoms with Crippen molar-refractivity contribution in [3.05, 3.63) is 101 Å². The lowest BCUT2D eigenvalue weighted by Gasteiger charge is -2.26. The second-order valence-corrected chi connectivity index (χ2v) is 8.76. The van der Waals surface area contributed by atoms with E-state index >= 15 is 0 Å². The smallest absolute Gasteiger partial charge is 0.174 e. The molecule has 166 valence electrons. The van der Waals surface area contributed by atoms with Crippen LogP contribution >= 0.6 is 28.1 Å². The Morgan fingerprint density at radius 1 is 1.09 bits per heavy atom. The molecule has 2 aromatic carbocycles. The third-order valence-electron chi connectivity index (χ3n) is 5.56. The molecule has 3 heterocycles. The summed E-state index contributed by atoms with van der Waals surface area (Å²) in [6.07, 6.45) is 1.76. The number of benzene rings is 2. The molecule has 4 aromatic rings. The Balaban J connectivity index is 1.59. The second-order valence-electron chi connectivity index (χ2n) is 7.52. The summed E-state index contributed by atoms with van der Waals surface area (Å²) in [6.45, 7) is 0. The molecular weight excluding hydrogens is 505 g/mol. The van der Waals surface area contributed by atoms with Crippen molar-refractivity contribution in [2.45, 2.75) is 12.1 Å². The van der Waals surface area contributed by atoms with Crippen LogP contribution in [0, 0.1) is 5.82 Å². The minimum atomic E-state index is -0.316. The molecule has 5 nitrogen and oxygen atoms in total. The van der Waals surface area contributed by atoms with Crippen LogP contribution < -0.4 is 15.0 Å². The number of pyridine rings is 1. The first kappa shape index (κ1) is 21.6. The van der Waals surface area contributed by atoms with Crippen LogP contribution in [0.15, 0.2) is 87.9 Å². The highest BCUT2D eigenvalue weighted by atomic mass is 79.9. The molecule has 33 heavy (non-hydrogen) atoms. The van der Waals surface area contributed by atoms with E-state index in [9.17, 15) is 4.39 Å². The molecular formula is C25H19BrFN3O2S. The van der Waals surface area contributed by atoms with Crippen LogP contribution in [0.1, 0.15) is 23.5 Å². The van der Waals surface area contributed by atoms with Crippen LogP contribution in [-0.4, -0.2) is 17.2 Å². The highest BCUT2D eigenvalue weighted by molar-refractivity contribution is 9.10. The Hall–Kier alpha value is -3.23. The van der Waals surface area contributed by atoms with Gasteiger partial charge in [0.1, 0.15) is 29.1 Å². The molecule has 5 rings (SSSR count). The summed E-state index contributed by atoms with van der Waals surface area (Å²) in [4.78, 5) is 6.58. The van der Waals surface area contributed by atoms with Gasteiger partial charge >= 0.3 is 0 Å². The van der Waals surface area contributed by atoms with E-state index in [1.807, 2.05) is 59.5 Å². The Kier molecular flexibility index (Phi) is 5.86. The van der Waals surface area contributed by atoms with Crippen LogP contribution in [0.2, 0.25) is 0 Å². The van der Waals surface area contributed by atoms with E-state index in [0.29, 0.717) is 21.1 Å². The van der Waals surface area contributed by atoms with Crippen molar-refractivity contribution >= 4 is 38.9 Å². The third-order valence-corrected chi connectivity index (χ3v) is 6.53. The van der Waals surface area contributed by atoms with E-state index in [1.54, 1.807) is 19.4 Å². The van der Waals surface area contributed by atoms with Gasteiger partial charge in [-0.05, 0) is 94.9 Å². The maximum absolute atomic E-state index is 13.6. The van der Waals surface area contributed by atoms with Crippen molar-refractivity contribution < 1.29 is 13.5 Å². The first-order chi connectivity index (χ1) is 16.0. The normalized spacial score (nSPS) is 17.8. The van der Waals surface area contributed by atoms with Gasteiger partial charge in [0.05, 0.1) is 18.8 Å². The highest BCUT2D eigenvalue weighted by Crippen LogP contribution is 2.43. The molecule has 0 unspecified atom stereocenters. The van der Waals surface area contributed by atoms with Gasteiger partial charge in [0.2, 0.25) is 0 Å². The van der Waals surface area contributed by atoms with Crippen molar-refractivity contribution in [2.24, 2.45) is 0 Å². The van der Waals surface area contributed by atoms with Gasteiger partial charge in [-0.2, -0.15) is 0 Å². The van der Waals surface area contributed by atoms with Crippen LogP contribution in [0.4, 0.5) is 10.1 Å². The SMILES string of the molecule is COc1ccc(N2C(=S)N[C@@H](c3ccccn3)[C@@H]2c2ccc(-c3ccc(F)cc3Br)o2)cc1. The van der Waals surface area contributed by atoms with Gasteiger partial charge in [0.15, 0.2) is 5.11 Å². The lowest BCUT2D eigenvalue weighted by Crippen LogP contribution is -2.29. The van der Waals surface area contributed by atoms with Crippen molar-refractivity contribution in [1.82, 2.24) is 10.3 Å². The predicted molar refractivity (Wildman–Crippen MR) is 133 cm³/mol. The number of thiocarbonyl (C=S) groups is 1. The van der Waals surface area contributed by atoms with Gasteiger partial charge in [-0.15, -0.1) is 0 Å². The topological polar surface area (TPSA) is 50.5 Å². The van der Waals surface area contributed by atoms with Crippen LogP contribution in [0.25, 0.3) is 11.3 Å². The van der Waals surface area contributed by atoms with E-state index < -0.39 is 0 Å². The third kappa shape index (κ3) is 4.12. The predicted octanol–water partition coefficient (Wildman–Crippen LogP) is 6.43. The summed E-state index contributed by atoms with van der Waals surface area (Å²) in [7, 11) is 1.63. The van der Waals surface area contributed by atoms with Gasteiger partial charge in [0, 0.05) is 21.9 Å². The fourth-order valence-electron chi connectivity index (χ4n) is 4.01. The average Bonchev–Trinajstić information content (AvgIpc) is 3.44. The number of aromatic nitrogens is 1. The van der Waals surface area contributed by atoms with E-state index in [0.717, 1.165) is 22.7 Å². The number of hydrogen-bond donors (Lipinski definition) is 1.